The first-order chi connectivity index (χ1) is 12.4. The number of urea groups is 1. The first kappa shape index (κ1) is 18.9. The number of fused-ring (bicyclic) bond motifs is 1. The summed E-state index contributed by atoms with van der Waals surface area (Å²) < 4.78 is 12.9. The lowest BCUT2D eigenvalue weighted by Crippen LogP contribution is -2.61. The number of piperidine rings is 2. The van der Waals surface area contributed by atoms with E-state index in [9.17, 15) is 14.3 Å². The molecule has 26 heavy (non-hydrogen) atoms. The molecule has 2 aliphatic heterocycles. The van der Waals surface area contributed by atoms with Gasteiger partial charge in [0, 0.05) is 52.7 Å². The Morgan fingerprint density at radius 1 is 1.27 bits per heavy atom. The van der Waals surface area contributed by atoms with Crippen LogP contribution in [0.4, 0.5) is 9.18 Å². The van der Waals surface area contributed by atoms with Crippen LogP contribution in [0.1, 0.15) is 18.4 Å². The summed E-state index contributed by atoms with van der Waals surface area (Å²) in [7, 11) is 3.52. The van der Waals surface area contributed by atoms with Crippen LogP contribution >= 0.6 is 0 Å². The first-order valence-corrected chi connectivity index (χ1v) is 9.20. The van der Waals surface area contributed by atoms with Crippen molar-refractivity contribution in [3.8, 4) is 0 Å². The van der Waals surface area contributed by atoms with E-state index in [-0.39, 0.29) is 17.8 Å². The van der Waals surface area contributed by atoms with Gasteiger partial charge < -0.3 is 14.9 Å². The fourth-order valence-corrected chi connectivity index (χ4v) is 3.91. The minimum atomic E-state index is -0.653. The smallest absolute Gasteiger partial charge is 0.319 e. The van der Waals surface area contributed by atoms with Crippen molar-refractivity contribution in [2.45, 2.75) is 18.4 Å². The number of carbonyl (C=O) groups excluding carboxylic acids is 1. The monoisotopic (exact) mass is 361 g/mol. The summed E-state index contributed by atoms with van der Waals surface area (Å²) in [5, 5.41) is 10.9. The number of amides is 2. The van der Waals surface area contributed by atoms with E-state index in [1.165, 1.54) is 12.1 Å². The van der Waals surface area contributed by atoms with E-state index in [1.807, 2.05) is 11.0 Å². The lowest BCUT2D eigenvalue weighted by atomic mass is 9.75. The second-order valence-corrected chi connectivity index (χ2v) is 7.64. The van der Waals surface area contributed by atoms with E-state index in [0.717, 1.165) is 31.6 Å². The summed E-state index contributed by atoms with van der Waals surface area (Å²) >= 11 is 0. The van der Waals surface area contributed by atoms with Gasteiger partial charge in [0.25, 0.3) is 0 Å². The topological polar surface area (TPSA) is 47.0 Å². The molecular formula is C20H28FN3O2. The SMILES string of the molecule is CN(C)C(=O)N1CC[C@]2(O)CCN(CC=Cc3ccc(F)cc3)C[C@@H]2C1. The lowest BCUT2D eigenvalue weighted by molar-refractivity contribution is -0.105. The van der Waals surface area contributed by atoms with Gasteiger partial charge >= 0.3 is 6.03 Å². The minimum Gasteiger partial charge on any atom is -0.389 e. The second kappa shape index (κ2) is 7.76. The molecule has 3 rings (SSSR count). The van der Waals surface area contributed by atoms with Gasteiger partial charge in [-0.05, 0) is 30.5 Å². The molecule has 2 atom stereocenters. The second-order valence-electron chi connectivity index (χ2n) is 7.64. The number of aliphatic hydroxyl groups is 1. The van der Waals surface area contributed by atoms with Gasteiger partial charge in [-0.2, -0.15) is 0 Å². The zero-order valence-electron chi connectivity index (χ0n) is 15.6. The highest BCUT2D eigenvalue weighted by molar-refractivity contribution is 5.74. The minimum absolute atomic E-state index is 0.0142. The van der Waals surface area contributed by atoms with Crippen molar-refractivity contribution in [2.75, 3.05) is 46.8 Å². The van der Waals surface area contributed by atoms with E-state index in [4.69, 9.17) is 0 Å². The predicted molar refractivity (Wildman–Crippen MR) is 100 cm³/mol. The third-order valence-corrected chi connectivity index (χ3v) is 5.55. The van der Waals surface area contributed by atoms with Crippen LogP contribution in [0.25, 0.3) is 6.08 Å². The van der Waals surface area contributed by atoms with Crippen LogP contribution in [0.2, 0.25) is 0 Å². The van der Waals surface area contributed by atoms with Gasteiger partial charge in [-0.15, -0.1) is 0 Å². The molecule has 2 amide bonds. The van der Waals surface area contributed by atoms with Crippen molar-refractivity contribution in [1.82, 2.24) is 14.7 Å². The standard InChI is InChI=1S/C20H28FN3O2/c1-22(2)19(25)24-13-10-20(26)9-12-23(14-17(20)15-24)11-3-4-16-5-7-18(21)8-6-16/h3-8,17,26H,9-15H2,1-2H3/t17-,20-/m1/s1. The summed E-state index contributed by atoms with van der Waals surface area (Å²) in [5.41, 5.74) is 0.320. The fourth-order valence-electron chi connectivity index (χ4n) is 3.91. The number of hydrogen-bond acceptors (Lipinski definition) is 3. The Kier molecular flexibility index (Phi) is 5.63. The van der Waals surface area contributed by atoms with Crippen molar-refractivity contribution < 1.29 is 14.3 Å². The molecule has 142 valence electrons. The Morgan fingerprint density at radius 2 is 1.96 bits per heavy atom. The van der Waals surface area contributed by atoms with Gasteiger partial charge in [-0.3, -0.25) is 4.90 Å². The van der Waals surface area contributed by atoms with Crippen LogP contribution in [0.15, 0.2) is 30.3 Å². The average molecular weight is 361 g/mol. The number of halogens is 1. The molecule has 1 aromatic carbocycles. The highest BCUT2D eigenvalue weighted by Crippen LogP contribution is 2.35. The third-order valence-electron chi connectivity index (χ3n) is 5.55. The number of hydrogen-bond donors (Lipinski definition) is 1. The van der Waals surface area contributed by atoms with Crippen molar-refractivity contribution in [3.63, 3.8) is 0 Å². The van der Waals surface area contributed by atoms with Gasteiger partial charge in [0.2, 0.25) is 0 Å². The zero-order valence-corrected chi connectivity index (χ0v) is 15.6. The van der Waals surface area contributed by atoms with Crippen LogP contribution in [0.3, 0.4) is 0 Å². The van der Waals surface area contributed by atoms with Gasteiger partial charge in [-0.25, -0.2) is 9.18 Å². The fraction of sp³-hybridized carbons (Fsp3) is 0.550. The van der Waals surface area contributed by atoms with Crippen molar-refractivity contribution in [3.05, 3.63) is 41.7 Å². The van der Waals surface area contributed by atoms with Crippen LogP contribution in [0.5, 0.6) is 0 Å². The molecule has 1 N–H and O–H groups in total. The Hall–Kier alpha value is -1.92. The predicted octanol–water partition coefficient (Wildman–Crippen LogP) is 2.28. The highest BCUT2D eigenvalue weighted by atomic mass is 19.1. The molecule has 0 aromatic heterocycles. The van der Waals surface area contributed by atoms with Crippen molar-refractivity contribution >= 4 is 12.1 Å². The third kappa shape index (κ3) is 4.24. The maximum atomic E-state index is 12.9. The van der Waals surface area contributed by atoms with Crippen molar-refractivity contribution in [1.29, 1.82) is 0 Å². The Balaban J connectivity index is 1.57. The van der Waals surface area contributed by atoms with Crippen LogP contribution in [-0.4, -0.2) is 78.3 Å². The quantitative estimate of drug-likeness (QED) is 0.899. The summed E-state index contributed by atoms with van der Waals surface area (Å²) in [6, 6.07) is 6.44. The number of rotatable bonds is 3. The van der Waals surface area contributed by atoms with Gasteiger partial charge in [0.1, 0.15) is 5.82 Å². The molecule has 0 radical (unpaired) electrons. The summed E-state index contributed by atoms with van der Waals surface area (Å²) in [6.45, 7) is 3.63. The molecule has 2 heterocycles. The number of nitrogens with zero attached hydrogens (tertiary/aromatic N) is 3. The van der Waals surface area contributed by atoms with E-state index >= 15 is 0 Å². The van der Waals surface area contributed by atoms with Crippen molar-refractivity contribution in [2.24, 2.45) is 5.92 Å². The van der Waals surface area contributed by atoms with E-state index < -0.39 is 5.60 Å². The van der Waals surface area contributed by atoms with E-state index in [2.05, 4.69) is 11.0 Å². The average Bonchev–Trinajstić information content (AvgIpc) is 2.62. The molecule has 2 aliphatic rings. The number of likely N-dealkylation sites (tertiary alicyclic amines) is 2. The number of benzene rings is 1. The molecule has 0 unspecified atom stereocenters. The molecule has 0 aliphatic carbocycles. The molecule has 0 bridgehead atoms. The molecule has 0 spiro atoms. The lowest BCUT2D eigenvalue weighted by Gasteiger charge is -2.50. The summed E-state index contributed by atoms with van der Waals surface area (Å²) in [6.07, 6.45) is 5.45. The molecule has 1 aromatic rings. The normalized spacial score (nSPS) is 26.8. The van der Waals surface area contributed by atoms with Gasteiger partial charge in [-0.1, -0.05) is 24.3 Å². The van der Waals surface area contributed by atoms with Crippen LogP contribution in [-0.2, 0) is 0 Å². The molecule has 2 fully saturated rings. The van der Waals surface area contributed by atoms with Crippen LogP contribution < -0.4 is 0 Å². The highest BCUT2D eigenvalue weighted by Gasteiger charge is 2.45. The Bertz CT molecular complexity index is 662. The van der Waals surface area contributed by atoms with Gasteiger partial charge in [0.15, 0.2) is 0 Å². The van der Waals surface area contributed by atoms with E-state index in [0.29, 0.717) is 19.5 Å². The Morgan fingerprint density at radius 3 is 2.65 bits per heavy atom. The zero-order chi connectivity index (χ0) is 18.7. The molecule has 2 saturated heterocycles. The Labute approximate surface area is 154 Å². The molecule has 0 saturated carbocycles. The largest absolute Gasteiger partial charge is 0.389 e. The van der Waals surface area contributed by atoms with Crippen LogP contribution in [0, 0.1) is 11.7 Å². The van der Waals surface area contributed by atoms with Gasteiger partial charge in [0.05, 0.1) is 5.60 Å². The first-order valence-electron chi connectivity index (χ1n) is 9.20. The molecular weight excluding hydrogens is 333 g/mol. The number of carbonyl (C=O) groups is 1. The maximum absolute atomic E-state index is 12.9. The molecule has 6 heteroatoms. The summed E-state index contributed by atoms with van der Waals surface area (Å²) in [4.78, 5) is 18.0. The maximum Gasteiger partial charge on any atom is 0.319 e. The molecule has 5 nitrogen and oxygen atoms in total. The summed E-state index contributed by atoms with van der Waals surface area (Å²) in [5.74, 6) is -0.153. The van der Waals surface area contributed by atoms with E-state index in [1.54, 1.807) is 31.1 Å².